The normalized spacial score (nSPS) is 24.0. The van der Waals surface area contributed by atoms with Crippen LogP contribution in [0.1, 0.15) is 17.2 Å². The summed E-state index contributed by atoms with van der Waals surface area (Å²) in [6.07, 6.45) is -5.31. The summed E-state index contributed by atoms with van der Waals surface area (Å²) in [4.78, 5) is 24.7. The zero-order chi connectivity index (χ0) is 22.3. The van der Waals surface area contributed by atoms with E-state index in [1.54, 1.807) is 0 Å². The molecule has 160 valence electrons. The van der Waals surface area contributed by atoms with Gasteiger partial charge in [-0.3, -0.25) is 4.79 Å². The number of phenolic OH excluding ortho intramolecular Hbond substituents is 1. The Bertz CT molecular complexity index is 983. The molecule has 3 atom stereocenters. The molecule has 0 saturated carbocycles. The smallest absolute Gasteiger partial charge is 0.450 e. The third kappa shape index (κ3) is 3.88. The minimum atomic E-state index is -5.31. The number of carbonyl (C=O) groups excluding carboxylic acids is 2. The first-order chi connectivity index (χ1) is 14.0. The molecule has 1 heterocycles. The lowest BCUT2D eigenvalue weighted by Gasteiger charge is -2.45. The minimum Gasteiger partial charge on any atom is -0.504 e. The van der Waals surface area contributed by atoms with Crippen molar-refractivity contribution in [1.29, 1.82) is 0 Å². The molecule has 1 fully saturated rings. The topological polar surface area (TPSA) is 108 Å². The van der Waals surface area contributed by atoms with E-state index in [0.717, 1.165) is 6.07 Å². The zero-order valence-corrected chi connectivity index (χ0v) is 16.1. The lowest BCUT2D eigenvalue weighted by Crippen LogP contribution is -2.66. The predicted octanol–water partition coefficient (Wildman–Crippen LogP) is 3.00. The summed E-state index contributed by atoms with van der Waals surface area (Å²) in [6.45, 7) is 0. The Labute approximate surface area is 173 Å². The van der Waals surface area contributed by atoms with Gasteiger partial charge in [-0.1, -0.05) is 29.8 Å². The van der Waals surface area contributed by atoms with Crippen LogP contribution in [0.25, 0.3) is 0 Å². The Morgan fingerprint density at radius 3 is 2.40 bits per heavy atom. The maximum Gasteiger partial charge on any atom is 0.450 e. The summed E-state index contributed by atoms with van der Waals surface area (Å²) in [5, 5.41) is 25.5. The molecule has 0 spiro atoms. The maximum atomic E-state index is 13.5. The van der Waals surface area contributed by atoms with Crippen molar-refractivity contribution in [3.63, 3.8) is 0 Å². The Morgan fingerprint density at radius 1 is 1.20 bits per heavy atom. The quantitative estimate of drug-likeness (QED) is 0.580. The fourth-order valence-electron chi connectivity index (χ4n) is 3.39. The van der Waals surface area contributed by atoms with Gasteiger partial charge in [0.1, 0.15) is 5.92 Å². The number of alkyl halides is 3. The van der Waals surface area contributed by atoms with Crippen LogP contribution in [0.4, 0.5) is 18.0 Å². The summed E-state index contributed by atoms with van der Waals surface area (Å²) >= 11 is 5.80. The molecule has 0 aromatic heterocycles. The zero-order valence-electron chi connectivity index (χ0n) is 15.3. The van der Waals surface area contributed by atoms with Crippen molar-refractivity contribution in [1.82, 2.24) is 10.6 Å². The summed E-state index contributed by atoms with van der Waals surface area (Å²) in [5.41, 5.74) is -2.86. The molecule has 11 heteroatoms. The van der Waals surface area contributed by atoms with Gasteiger partial charge in [0, 0.05) is 10.6 Å². The highest BCUT2D eigenvalue weighted by molar-refractivity contribution is 6.30. The Balaban J connectivity index is 2.20. The van der Waals surface area contributed by atoms with E-state index in [4.69, 9.17) is 16.3 Å². The van der Waals surface area contributed by atoms with Crippen molar-refractivity contribution in [3.05, 3.63) is 58.6 Å². The number of methoxy groups -OCH3 is 1. The van der Waals surface area contributed by atoms with E-state index in [9.17, 15) is 33.0 Å². The first-order valence-electron chi connectivity index (χ1n) is 8.52. The minimum absolute atomic E-state index is 0.00879. The number of carbonyl (C=O) groups is 2. The van der Waals surface area contributed by atoms with Crippen LogP contribution in [-0.2, 0) is 10.5 Å². The molecule has 1 aliphatic heterocycles. The van der Waals surface area contributed by atoms with Gasteiger partial charge in [0.25, 0.3) is 0 Å². The van der Waals surface area contributed by atoms with Gasteiger partial charge in [0.05, 0.1) is 13.2 Å². The highest BCUT2D eigenvalue weighted by atomic mass is 35.5. The number of aromatic hydroxyl groups is 1. The molecule has 1 saturated heterocycles. The van der Waals surface area contributed by atoms with Crippen molar-refractivity contribution in [2.75, 3.05) is 7.11 Å². The van der Waals surface area contributed by atoms with Crippen molar-refractivity contribution in [2.24, 2.45) is 5.92 Å². The number of urea groups is 1. The van der Waals surface area contributed by atoms with E-state index in [1.807, 2.05) is 5.32 Å². The van der Waals surface area contributed by atoms with Gasteiger partial charge in [0.15, 0.2) is 17.2 Å². The number of amides is 2. The number of hydrogen-bond acceptors (Lipinski definition) is 5. The van der Waals surface area contributed by atoms with Crippen LogP contribution < -0.4 is 15.4 Å². The second-order valence-corrected chi connectivity index (χ2v) is 7.06. The largest absolute Gasteiger partial charge is 0.504 e. The Hall–Kier alpha value is -2.98. The molecule has 4 N–H and O–H groups in total. The van der Waals surface area contributed by atoms with Crippen molar-refractivity contribution >= 4 is 23.4 Å². The molecule has 0 aliphatic carbocycles. The highest BCUT2D eigenvalue weighted by Gasteiger charge is 2.59. The monoisotopic (exact) mass is 444 g/mol. The van der Waals surface area contributed by atoms with Crippen LogP contribution in [0.15, 0.2) is 42.5 Å². The molecule has 2 aromatic carbocycles. The Morgan fingerprint density at radius 2 is 1.83 bits per heavy atom. The third-order valence-corrected chi connectivity index (χ3v) is 5.04. The van der Waals surface area contributed by atoms with Crippen molar-refractivity contribution in [3.8, 4) is 11.5 Å². The van der Waals surface area contributed by atoms with Crippen molar-refractivity contribution in [2.45, 2.75) is 17.9 Å². The molecule has 2 aromatic rings. The van der Waals surface area contributed by atoms with Gasteiger partial charge in [-0.25, -0.2) is 4.79 Å². The summed E-state index contributed by atoms with van der Waals surface area (Å²) in [6, 6.07) is 5.95. The molecular weight excluding hydrogens is 429 g/mol. The number of ketones is 1. The fraction of sp³-hybridized carbons (Fsp3) is 0.263. The number of aliphatic hydroxyl groups is 1. The molecule has 3 rings (SSSR count). The summed E-state index contributed by atoms with van der Waals surface area (Å²) in [5.74, 6) is -4.85. The van der Waals surface area contributed by atoms with Crippen molar-refractivity contribution < 1.29 is 37.7 Å². The molecule has 1 aliphatic rings. The number of rotatable bonds is 4. The average Bonchev–Trinajstić information content (AvgIpc) is 2.67. The van der Waals surface area contributed by atoms with Crippen LogP contribution in [-0.4, -0.2) is 35.3 Å². The molecule has 2 amide bonds. The second-order valence-electron chi connectivity index (χ2n) is 6.62. The van der Waals surface area contributed by atoms with E-state index in [1.165, 1.54) is 43.5 Å². The van der Waals surface area contributed by atoms with Gasteiger partial charge >= 0.3 is 12.2 Å². The lowest BCUT2D eigenvalue weighted by molar-refractivity contribution is -0.190. The summed E-state index contributed by atoms with van der Waals surface area (Å²) in [7, 11) is 1.22. The number of phenols is 1. The number of ether oxygens (including phenoxy) is 1. The number of halogens is 4. The molecule has 7 nitrogen and oxygen atoms in total. The second kappa shape index (κ2) is 7.69. The van der Waals surface area contributed by atoms with E-state index in [0.29, 0.717) is 0 Å². The summed E-state index contributed by atoms with van der Waals surface area (Å²) < 4.78 is 45.4. The molecule has 0 unspecified atom stereocenters. The van der Waals surface area contributed by atoms with Gasteiger partial charge in [-0.05, 0) is 29.8 Å². The van der Waals surface area contributed by atoms with Crippen LogP contribution in [0.3, 0.4) is 0 Å². The van der Waals surface area contributed by atoms with Gasteiger partial charge < -0.3 is 25.6 Å². The molecule has 30 heavy (non-hydrogen) atoms. The average molecular weight is 445 g/mol. The molecule has 0 bridgehead atoms. The van der Waals surface area contributed by atoms with Crippen LogP contribution in [0.2, 0.25) is 5.02 Å². The van der Waals surface area contributed by atoms with E-state index >= 15 is 0 Å². The molecular formula is C19H16ClF3N2O5. The van der Waals surface area contributed by atoms with Crippen LogP contribution in [0, 0.1) is 5.92 Å². The predicted molar refractivity (Wildman–Crippen MR) is 99.0 cm³/mol. The Kier molecular flexibility index (Phi) is 5.57. The highest BCUT2D eigenvalue weighted by Crippen LogP contribution is 2.44. The number of Topliss-reactive ketones (excluding diaryl/α,β-unsaturated/α-hetero) is 1. The van der Waals surface area contributed by atoms with E-state index in [2.05, 4.69) is 5.32 Å². The van der Waals surface area contributed by atoms with Gasteiger partial charge in [-0.15, -0.1) is 0 Å². The lowest BCUT2D eigenvalue weighted by atomic mass is 9.76. The fourth-order valence-corrected chi connectivity index (χ4v) is 3.52. The van der Waals surface area contributed by atoms with Crippen LogP contribution >= 0.6 is 11.6 Å². The third-order valence-electron chi connectivity index (χ3n) is 4.78. The number of nitrogens with one attached hydrogen (secondary N) is 2. The van der Waals surface area contributed by atoms with E-state index < -0.39 is 35.7 Å². The van der Waals surface area contributed by atoms with E-state index in [-0.39, 0.29) is 27.6 Å². The molecule has 0 radical (unpaired) electrons. The first kappa shape index (κ1) is 21.7. The number of benzene rings is 2. The van der Waals surface area contributed by atoms with Gasteiger partial charge in [0.2, 0.25) is 5.78 Å². The van der Waals surface area contributed by atoms with Gasteiger partial charge in [-0.2, -0.15) is 13.2 Å². The standard InChI is InChI=1S/C19H16ClF3N2O5/c1-30-13-8-9(2-7-12(13)26)15-14(16(27)19(21,22)23)18(29,25-17(28)24-15)10-3-5-11(20)6-4-10/h2-8,14-15,26,29H,1H3,(H2,24,25,28)/t14-,15+,18-/m1/s1. The number of hydrogen-bond donors (Lipinski definition) is 4. The first-order valence-corrected chi connectivity index (χ1v) is 8.90. The SMILES string of the molecule is COc1cc([C@@H]2NC(=O)N[C@@](O)(c3ccc(Cl)cc3)[C@H]2C(=O)C(F)(F)F)ccc1O. The maximum absolute atomic E-state index is 13.5. The van der Waals surface area contributed by atoms with Crippen LogP contribution in [0.5, 0.6) is 11.5 Å².